The molecule has 0 amide bonds. The van der Waals surface area contributed by atoms with Gasteiger partial charge in [0.25, 0.3) is 0 Å². The van der Waals surface area contributed by atoms with Crippen LogP contribution in [0, 0.1) is 18.3 Å². The van der Waals surface area contributed by atoms with Gasteiger partial charge in [0.05, 0.1) is 18.7 Å². The van der Waals surface area contributed by atoms with Crippen LogP contribution >= 0.6 is 11.3 Å². The molecular weight excluding hydrogens is 280 g/mol. The highest BCUT2D eigenvalue weighted by Crippen LogP contribution is 2.27. The van der Waals surface area contributed by atoms with E-state index in [-0.39, 0.29) is 12.2 Å². The van der Waals surface area contributed by atoms with Crippen LogP contribution in [0.3, 0.4) is 0 Å². The van der Waals surface area contributed by atoms with Crippen molar-refractivity contribution in [1.82, 2.24) is 0 Å². The number of aryl methyl sites for hydroxylation is 1. The van der Waals surface area contributed by atoms with Gasteiger partial charge in [-0.15, -0.1) is 11.3 Å². The predicted octanol–water partition coefficient (Wildman–Crippen LogP) is 2.23. The standard InChI is InChI=1S/C13H14N2O4S/c1-4-19-12(16)9(6-14)7-15-10-5-8(2)11(20-10)13(17)18-3/h5,7,15H,4H2,1-3H3/b9-7+. The zero-order valence-corrected chi connectivity index (χ0v) is 12.2. The van der Waals surface area contributed by atoms with Crippen molar-refractivity contribution in [2.75, 3.05) is 19.0 Å². The van der Waals surface area contributed by atoms with Crippen LogP contribution in [0.5, 0.6) is 0 Å². The van der Waals surface area contributed by atoms with Gasteiger partial charge in [-0.3, -0.25) is 0 Å². The van der Waals surface area contributed by atoms with Crippen molar-refractivity contribution >= 4 is 28.3 Å². The molecule has 0 aliphatic rings. The van der Waals surface area contributed by atoms with Crippen LogP contribution in [0.25, 0.3) is 0 Å². The fraction of sp³-hybridized carbons (Fsp3) is 0.308. The molecule has 1 heterocycles. The molecule has 0 saturated carbocycles. The smallest absolute Gasteiger partial charge is 0.350 e. The lowest BCUT2D eigenvalue weighted by atomic mass is 10.3. The number of nitrogens with one attached hydrogen (secondary N) is 1. The Morgan fingerprint density at radius 3 is 2.80 bits per heavy atom. The van der Waals surface area contributed by atoms with E-state index in [0.717, 1.165) is 5.56 Å². The van der Waals surface area contributed by atoms with Crippen molar-refractivity contribution in [3.63, 3.8) is 0 Å². The molecule has 1 rings (SSSR count). The molecule has 0 spiro atoms. The Balaban J connectivity index is 2.86. The molecule has 0 radical (unpaired) electrons. The molecule has 1 aromatic rings. The molecule has 0 saturated heterocycles. The maximum Gasteiger partial charge on any atom is 0.350 e. The van der Waals surface area contributed by atoms with Crippen LogP contribution in [0.4, 0.5) is 5.00 Å². The summed E-state index contributed by atoms with van der Waals surface area (Å²) in [7, 11) is 1.31. The zero-order chi connectivity index (χ0) is 15.1. The fourth-order valence-electron chi connectivity index (χ4n) is 1.34. The molecule has 0 fully saturated rings. The first-order chi connectivity index (χ1) is 9.53. The third-order valence-electron chi connectivity index (χ3n) is 2.26. The summed E-state index contributed by atoms with van der Waals surface area (Å²) >= 11 is 1.18. The van der Waals surface area contributed by atoms with Crippen LogP contribution in [0.1, 0.15) is 22.2 Å². The summed E-state index contributed by atoms with van der Waals surface area (Å²) in [6.45, 7) is 3.63. The summed E-state index contributed by atoms with van der Waals surface area (Å²) < 4.78 is 9.38. The lowest BCUT2D eigenvalue weighted by Crippen LogP contribution is -2.07. The van der Waals surface area contributed by atoms with Crippen LogP contribution in [0.2, 0.25) is 0 Å². The minimum absolute atomic E-state index is 0.141. The third-order valence-corrected chi connectivity index (χ3v) is 3.41. The Morgan fingerprint density at radius 2 is 2.25 bits per heavy atom. The fourth-order valence-corrected chi connectivity index (χ4v) is 2.30. The summed E-state index contributed by atoms with van der Waals surface area (Å²) in [6.07, 6.45) is 1.25. The Bertz CT molecular complexity index is 584. The first-order valence-electron chi connectivity index (χ1n) is 5.76. The quantitative estimate of drug-likeness (QED) is 0.509. The van der Waals surface area contributed by atoms with E-state index in [1.807, 2.05) is 0 Å². The molecule has 0 aromatic carbocycles. The predicted molar refractivity (Wildman–Crippen MR) is 74.3 cm³/mol. The molecule has 0 bridgehead atoms. The summed E-state index contributed by atoms with van der Waals surface area (Å²) in [5, 5.41) is 12.3. The van der Waals surface area contributed by atoms with Gasteiger partial charge in [0.1, 0.15) is 10.9 Å². The van der Waals surface area contributed by atoms with Crippen molar-refractivity contribution in [3.8, 4) is 6.07 Å². The van der Waals surface area contributed by atoms with Crippen LogP contribution < -0.4 is 5.32 Å². The number of carbonyl (C=O) groups is 2. The topological polar surface area (TPSA) is 88.4 Å². The van der Waals surface area contributed by atoms with Gasteiger partial charge in [0.15, 0.2) is 5.57 Å². The van der Waals surface area contributed by atoms with Gasteiger partial charge in [-0.25, -0.2) is 9.59 Å². The second-order valence-corrected chi connectivity index (χ2v) is 4.70. The van der Waals surface area contributed by atoms with E-state index in [1.54, 1.807) is 26.0 Å². The number of hydrogen-bond donors (Lipinski definition) is 1. The van der Waals surface area contributed by atoms with Crippen LogP contribution in [0.15, 0.2) is 17.8 Å². The number of ether oxygens (including phenoxy) is 2. The van der Waals surface area contributed by atoms with E-state index in [1.165, 1.54) is 24.6 Å². The first-order valence-corrected chi connectivity index (χ1v) is 6.57. The number of hydrogen-bond acceptors (Lipinski definition) is 7. The van der Waals surface area contributed by atoms with Crippen LogP contribution in [-0.4, -0.2) is 25.7 Å². The van der Waals surface area contributed by atoms with Gasteiger partial charge < -0.3 is 14.8 Å². The van der Waals surface area contributed by atoms with Gasteiger partial charge in [0, 0.05) is 6.20 Å². The van der Waals surface area contributed by atoms with Crippen molar-refractivity contribution < 1.29 is 19.1 Å². The van der Waals surface area contributed by atoms with E-state index in [2.05, 4.69) is 10.1 Å². The third kappa shape index (κ3) is 3.83. The molecule has 0 unspecified atom stereocenters. The molecule has 20 heavy (non-hydrogen) atoms. The van der Waals surface area contributed by atoms with Gasteiger partial charge in [0.2, 0.25) is 0 Å². The van der Waals surface area contributed by atoms with E-state index >= 15 is 0 Å². The highest BCUT2D eigenvalue weighted by molar-refractivity contribution is 7.18. The maximum atomic E-state index is 11.5. The minimum Gasteiger partial charge on any atom is -0.465 e. The first kappa shape index (κ1) is 15.7. The molecular formula is C13H14N2O4S. The van der Waals surface area contributed by atoms with E-state index in [0.29, 0.717) is 9.88 Å². The average molecular weight is 294 g/mol. The van der Waals surface area contributed by atoms with E-state index in [4.69, 9.17) is 10.00 Å². The maximum absolute atomic E-state index is 11.5. The summed E-state index contributed by atoms with van der Waals surface area (Å²) in [5.74, 6) is -1.11. The molecule has 1 N–H and O–H groups in total. The lowest BCUT2D eigenvalue weighted by Gasteiger charge is -2.00. The molecule has 6 nitrogen and oxygen atoms in total. The Morgan fingerprint density at radius 1 is 1.55 bits per heavy atom. The minimum atomic E-state index is -0.691. The van der Waals surface area contributed by atoms with Crippen LogP contribution in [-0.2, 0) is 14.3 Å². The van der Waals surface area contributed by atoms with Gasteiger partial charge in [-0.05, 0) is 25.5 Å². The lowest BCUT2D eigenvalue weighted by molar-refractivity contribution is -0.138. The number of nitriles is 1. The number of anilines is 1. The average Bonchev–Trinajstić information content (AvgIpc) is 2.80. The number of nitrogens with zero attached hydrogens (tertiary/aromatic N) is 1. The Hall–Kier alpha value is -2.33. The molecule has 0 aliphatic carbocycles. The second-order valence-electron chi connectivity index (χ2n) is 3.65. The van der Waals surface area contributed by atoms with E-state index in [9.17, 15) is 9.59 Å². The molecule has 106 valence electrons. The summed E-state index contributed by atoms with van der Waals surface area (Å²) in [4.78, 5) is 23.3. The van der Waals surface area contributed by atoms with Crippen molar-refractivity contribution in [2.24, 2.45) is 0 Å². The van der Waals surface area contributed by atoms with Crippen molar-refractivity contribution in [3.05, 3.63) is 28.3 Å². The van der Waals surface area contributed by atoms with Gasteiger partial charge >= 0.3 is 11.9 Å². The number of carbonyl (C=O) groups excluding carboxylic acids is 2. The molecule has 0 atom stereocenters. The number of rotatable bonds is 5. The molecule has 1 aromatic heterocycles. The summed E-state index contributed by atoms with van der Waals surface area (Å²) in [5.41, 5.74) is 0.616. The largest absolute Gasteiger partial charge is 0.465 e. The monoisotopic (exact) mass is 294 g/mol. The highest BCUT2D eigenvalue weighted by atomic mass is 32.1. The van der Waals surface area contributed by atoms with Gasteiger partial charge in [-0.1, -0.05) is 0 Å². The number of esters is 2. The van der Waals surface area contributed by atoms with Gasteiger partial charge in [-0.2, -0.15) is 5.26 Å². The Labute approximate surface area is 120 Å². The number of thiophene rings is 1. The second kappa shape index (κ2) is 7.31. The van der Waals surface area contributed by atoms with Crippen molar-refractivity contribution in [2.45, 2.75) is 13.8 Å². The summed E-state index contributed by atoms with van der Waals surface area (Å²) in [6, 6.07) is 3.48. The number of methoxy groups -OCH3 is 1. The zero-order valence-electron chi connectivity index (χ0n) is 11.4. The normalized spacial score (nSPS) is 10.6. The molecule has 0 aliphatic heterocycles. The van der Waals surface area contributed by atoms with Crippen molar-refractivity contribution in [1.29, 1.82) is 5.26 Å². The Kier molecular flexibility index (Phi) is 5.74. The SMILES string of the molecule is CCOC(=O)/C(C#N)=C/Nc1cc(C)c(C(=O)OC)s1. The highest BCUT2D eigenvalue weighted by Gasteiger charge is 2.14. The van der Waals surface area contributed by atoms with E-state index < -0.39 is 11.9 Å². The molecule has 7 heteroatoms.